The van der Waals surface area contributed by atoms with Crippen molar-refractivity contribution < 1.29 is 13.9 Å². The van der Waals surface area contributed by atoms with Gasteiger partial charge in [0.05, 0.1) is 13.7 Å². The topological polar surface area (TPSA) is 60.3 Å². The zero-order chi connectivity index (χ0) is 18.5. The summed E-state index contributed by atoms with van der Waals surface area (Å²) in [6.45, 7) is 0.647. The summed E-state index contributed by atoms with van der Waals surface area (Å²) in [4.78, 5) is 24.5. The lowest BCUT2D eigenvalue weighted by Crippen LogP contribution is -2.21. The molecule has 2 aromatic carbocycles. The maximum Gasteiger partial charge on any atom is 0.308 e. The number of nitrogens with zero attached hydrogens (tertiary/aromatic N) is 1. The quantitative estimate of drug-likeness (QED) is 0.724. The van der Waals surface area contributed by atoms with Crippen molar-refractivity contribution in [2.75, 3.05) is 7.11 Å². The lowest BCUT2D eigenvalue weighted by Gasteiger charge is -2.05. The van der Waals surface area contributed by atoms with Gasteiger partial charge in [0, 0.05) is 12.7 Å². The molecule has 3 aromatic rings. The van der Waals surface area contributed by atoms with Crippen molar-refractivity contribution in [1.29, 1.82) is 0 Å². The molecule has 0 atom stereocenters. The number of carbonyl (C=O) groups excluding carboxylic acids is 1. The second-order valence-electron chi connectivity index (χ2n) is 5.65. The Kier molecular flexibility index (Phi) is 5.48. The Labute approximate surface area is 153 Å². The van der Waals surface area contributed by atoms with E-state index < -0.39 is 0 Å². The molecule has 0 spiro atoms. The van der Waals surface area contributed by atoms with Gasteiger partial charge in [-0.25, -0.2) is 4.39 Å². The average Bonchev–Trinajstić information content (AvgIpc) is 3.02. The molecule has 0 unspecified atom stereocenters. The Bertz CT molecular complexity index is 946. The highest BCUT2D eigenvalue weighted by molar-refractivity contribution is 7.11. The van der Waals surface area contributed by atoms with Crippen LogP contribution in [0.4, 0.5) is 4.39 Å². The molecule has 1 aromatic heterocycles. The highest BCUT2D eigenvalue weighted by Crippen LogP contribution is 2.12. The van der Waals surface area contributed by atoms with Crippen LogP contribution in [0.15, 0.2) is 59.5 Å². The van der Waals surface area contributed by atoms with E-state index in [9.17, 15) is 14.0 Å². The lowest BCUT2D eigenvalue weighted by atomic mass is 10.2. The highest BCUT2D eigenvalue weighted by Gasteiger charge is 2.12. The third kappa shape index (κ3) is 4.37. The van der Waals surface area contributed by atoms with E-state index >= 15 is 0 Å². The molecule has 1 heterocycles. The standard InChI is InChI=1S/C19H17FN2O3S/c1-25-16-8-4-13(5-9-16)10-21-18(23)17-12-22(19(24)26-17)11-14-2-6-15(20)7-3-14/h2-9,12H,10-11H2,1H3,(H,21,23). The number of benzene rings is 2. The molecular weight excluding hydrogens is 355 g/mol. The minimum Gasteiger partial charge on any atom is -0.497 e. The summed E-state index contributed by atoms with van der Waals surface area (Å²) in [6, 6.07) is 13.3. The third-order valence-corrected chi connectivity index (χ3v) is 4.73. The van der Waals surface area contributed by atoms with Crippen molar-refractivity contribution in [3.8, 4) is 5.75 Å². The van der Waals surface area contributed by atoms with Crippen LogP contribution >= 0.6 is 11.3 Å². The summed E-state index contributed by atoms with van der Waals surface area (Å²) in [5.41, 5.74) is 1.72. The molecule has 5 nitrogen and oxygen atoms in total. The number of carbonyl (C=O) groups is 1. The second-order valence-corrected chi connectivity index (χ2v) is 6.64. The number of hydrogen-bond acceptors (Lipinski definition) is 4. The van der Waals surface area contributed by atoms with E-state index in [-0.39, 0.29) is 16.6 Å². The van der Waals surface area contributed by atoms with Gasteiger partial charge in [0.2, 0.25) is 0 Å². The van der Waals surface area contributed by atoms with E-state index in [0.717, 1.165) is 28.2 Å². The smallest absolute Gasteiger partial charge is 0.308 e. The van der Waals surface area contributed by atoms with Crippen molar-refractivity contribution in [2.24, 2.45) is 0 Å². The number of hydrogen-bond donors (Lipinski definition) is 1. The number of halogens is 1. The van der Waals surface area contributed by atoms with Crippen LogP contribution in [0.2, 0.25) is 0 Å². The first-order valence-corrected chi connectivity index (χ1v) is 8.72. The summed E-state index contributed by atoms with van der Waals surface area (Å²) in [5.74, 6) is 0.113. The molecule has 3 rings (SSSR count). The molecule has 0 saturated heterocycles. The number of ether oxygens (including phenoxy) is 1. The van der Waals surface area contributed by atoms with Crippen molar-refractivity contribution in [2.45, 2.75) is 13.1 Å². The largest absolute Gasteiger partial charge is 0.497 e. The molecule has 0 radical (unpaired) electrons. The Balaban J connectivity index is 1.64. The third-order valence-electron chi connectivity index (χ3n) is 3.81. The van der Waals surface area contributed by atoms with Crippen LogP contribution in [-0.4, -0.2) is 17.6 Å². The predicted octanol–water partition coefficient (Wildman–Crippen LogP) is 3.04. The van der Waals surface area contributed by atoms with Crippen LogP contribution in [0.1, 0.15) is 20.8 Å². The molecule has 134 valence electrons. The molecule has 0 bridgehead atoms. The Morgan fingerprint density at radius 3 is 2.42 bits per heavy atom. The van der Waals surface area contributed by atoms with Crippen LogP contribution in [0.5, 0.6) is 5.75 Å². The molecule has 0 aliphatic rings. The summed E-state index contributed by atoms with van der Waals surface area (Å²) in [5, 5.41) is 2.79. The minimum absolute atomic E-state index is 0.232. The van der Waals surface area contributed by atoms with Crippen molar-refractivity contribution in [3.05, 3.63) is 86.2 Å². The monoisotopic (exact) mass is 372 g/mol. The zero-order valence-electron chi connectivity index (χ0n) is 14.1. The van der Waals surface area contributed by atoms with Gasteiger partial charge in [0.15, 0.2) is 0 Å². The first-order valence-electron chi connectivity index (χ1n) is 7.91. The number of thiazole rings is 1. The van der Waals surface area contributed by atoms with Gasteiger partial charge in [0.1, 0.15) is 16.4 Å². The molecule has 0 aliphatic carbocycles. The molecule has 1 N–H and O–H groups in total. The number of rotatable bonds is 6. The number of nitrogens with one attached hydrogen (secondary N) is 1. The van der Waals surface area contributed by atoms with Gasteiger partial charge in [-0.15, -0.1) is 0 Å². The first-order chi connectivity index (χ1) is 12.5. The SMILES string of the molecule is COc1ccc(CNC(=O)c2cn(Cc3ccc(F)cc3)c(=O)s2)cc1. The molecule has 0 saturated carbocycles. The molecule has 1 amide bonds. The van der Waals surface area contributed by atoms with Crippen LogP contribution in [-0.2, 0) is 13.1 Å². The van der Waals surface area contributed by atoms with Gasteiger partial charge in [-0.2, -0.15) is 0 Å². The molecule has 26 heavy (non-hydrogen) atoms. The van der Waals surface area contributed by atoms with E-state index in [1.807, 2.05) is 24.3 Å². The van der Waals surface area contributed by atoms with E-state index in [2.05, 4.69) is 5.32 Å². The van der Waals surface area contributed by atoms with Crippen molar-refractivity contribution in [3.63, 3.8) is 0 Å². The number of amides is 1. The average molecular weight is 372 g/mol. The van der Waals surface area contributed by atoms with Crippen molar-refractivity contribution >= 4 is 17.2 Å². The van der Waals surface area contributed by atoms with E-state index in [1.54, 1.807) is 19.2 Å². The van der Waals surface area contributed by atoms with E-state index in [4.69, 9.17) is 4.74 Å². The highest BCUT2D eigenvalue weighted by atomic mass is 32.1. The van der Waals surface area contributed by atoms with E-state index in [1.165, 1.54) is 22.9 Å². The normalized spacial score (nSPS) is 10.5. The summed E-state index contributed by atoms with van der Waals surface area (Å²) >= 11 is 0.887. The lowest BCUT2D eigenvalue weighted by molar-refractivity contribution is 0.0954. The van der Waals surface area contributed by atoms with Gasteiger partial charge in [0.25, 0.3) is 5.91 Å². The van der Waals surface area contributed by atoms with Crippen LogP contribution in [0, 0.1) is 5.82 Å². The fourth-order valence-corrected chi connectivity index (χ4v) is 3.16. The van der Waals surface area contributed by atoms with Crippen LogP contribution in [0.25, 0.3) is 0 Å². The van der Waals surface area contributed by atoms with Crippen molar-refractivity contribution in [1.82, 2.24) is 9.88 Å². The van der Waals surface area contributed by atoms with Gasteiger partial charge in [-0.05, 0) is 35.4 Å². The fraction of sp³-hybridized carbons (Fsp3) is 0.158. The Morgan fingerprint density at radius 2 is 1.77 bits per heavy atom. The van der Waals surface area contributed by atoms with Crippen LogP contribution < -0.4 is 14.9 Å². The maximum atomic E-state index is 13.0. The summed E-state index contributed by atoms with van der Waals surface area (Å²) in [7, 11) is 1.59. The second kappa shape index (κ2) is 7.97. The van der Waals surface area contributed by atoms with Gasteiger partial charge in [-0.1, -0.05) is 35.6 Å². The minimum atomic E-state index is -0.329. The maximum absolute atomic E-state index is 13.0. The number of methoxy groups -OCH3 is 1. The van der Waals surface area contributed by atoms with Gasteiger partial charge < -0.3 is 14.6 Å². The first kappa shape index (κ1) is 17.9. The van der Waals surface area contributed by atoms with E-state index in [0.29, 0.717) is 18.0 Å². The molecule has 0 aliphatic heterocycles. The van der Waals surface area contributed by atoms with Crippen LogP contribution in [0.3, 0.4) is 0 Å². The zero-order valence-corrected chi connectivity index (χ0v) is 14.9. The Morgan fingerprint density at radius 1 is 1.12 bits per heavy atom. The molecular formula is C19H17FN2O3S. The van der Waals surface area contributed by atoms with Gasteiger partial charge in [-0.3, -0.25) is 9.59 Å². The van der Waals surface area contributed by atoms with Gasteiger partial charge >= 0.3 is 4.87 Å². The molecule has 7 heteroatoms. The summed E-state index contributed by atoms with van der Waals surface area (Å²) < 4.78 is 19.5. The number of aromatic nitrogens is 1. The fourth-order valence-electron chi connectivity index (χ4n) is 2.39. The summed E-state index contributed by atoms with van der Waals surface area (Å²) in [6.07, 6.45) is 1.53. The molecule has 0 fully saturated rings. The predicted molar refractivity (Wildman–Crippen MR) is 98.2 cm³/mol. The Hall–Kier alpha value is -2.93.